The molecule has 0 aliphatic heterocycles. The number of benzene rings is 2. The number of carbonyl (C=O) groups is 1. The molecule has 1 aromatic heterocycles. The monoisotopic (exact) mass is 348 g/mol. The van der Waals surface area contributed by atoms with Crippen LogP contribution in [0.15, 0.2) is 36.5 Å². The van der Waals surface area contributed by atoms with Crippen molar-refractivity contribution in [3.05, 3.63) is 58.8 Å². The van der Waals surface area contributed by atoms with Crippen molar-refractivity contribution in [2.75, 3.05) is 13.7 Å². The fraction of sp³-hybridized carbons (Fsp3) is 0.238. The molecule has 0 atom stereocenters. The minimum atomic E-state index is -0.342. The van der Waals surface area contributed by atoms with Crippen LogP contribution in [0.4, 0.5) is 0 Å². The van der Waals surface area contributed by atoms with E-state index in [-0.39, 0.29) is 5.97 Å². The maximum Gasteiger partial charge on any atom is 0.338 e. The molecule has 0 aliphatic rings. The van der Waals surface area contributed by atoms with Crippen molar-refractivity contribution < 1.29 is 14.3 Å². The third kappa shape index (κ3) is 2.80. The predicted molar refractivity (Wildman–Crippen MR) is 100.0 cm³/mol. The topological polar surface area (TPSA) is 64.2 Å². The molecular weight excluding hydrogens is 328 g/mol. The van der Waals surface area contributed by atoms with Crippen LogP contribution in [-0.2, 0) is 4.74 Å². The lowest BCUT2D eigenvalue weighted by Gasteiger charge is -2.12. The van der Waals surface area contributed by atoms with Crippen LogP contribution in [-0.4, -0.2) is 24.3 Å². The average Bonchev–Trinajstić information content (AvgIpc) is 3.01. The Morgan fingerprint density at radius 3 is 2.50 bits per heavy atom. The van der Waals surface area contributed by atoms with Gasteiger partial charge in [0.2, 0.25) is 0 Å². The predicted octanol–water partition coefficient (Wildman–Crippen LogP) is 4.30. The van der Waals surface area contributed by atoms with Gasteiger partial charge in [0.05, 0.1) is 30.4 Å². The molecule has 0 saturated carbocycles. The van der Waals surface area contributed by atoms with Gasteiger partial charge in [-0.2, -0.15) is 5.26 Å². The number of methoxy groups -OCH3 is 1. The molecule has 0 fully saturated rings. The summed E-state index contributed by atoms with van der Waals surface area (Å²) in [5, 5.41) is 10.4. The normalized spacial score (nSPS) is 10.6. The number of hydrogen-bond acceptors (Lipinski definition) is 4. The number of esters is 1. The lowest BCUT2D eigenvalue weighted by Crippen LogP contribution is -2.04. The smallest absolute Gasteiger partial charge is 0.338 e. The molecule has 0 bridgehead atoms. The lowest BCUT2D eigenvalue weighted by atomic mass is 10.0. The molecule has 0 saturated heterocycles. The zero-order valence-corrected chi connectivity index (χ0v) is 15.3. The van der Waals surface area contributed by atoms with E-state index >= 15 is 0 Å². The van der Waals surface area contributed by atoms with E-state index in [0.29, 0.717) is 17.7 Å². The summed E-state index contributed by atoms with van der Waals surface area (Å²) in [6.45, 7) is 6.07. The highest BCUT2D eigenvalue weighted by Gasteiger charge is 2.17. The quantitative estimate of drug-likeness (QED) is 0.659. The van der Waals surface area contributed by atoms with Gasteiger partial charge in [-0.25, -0.2) is 4.79 Å². The largest absolute Gasteiger partial charge is 0.496 e. The van der Waals surface area contributed by atoms with Gasteiger partial charge in [-0.15, -0.1) is 0 Å². The number of carbonyl (C=O) groups excluding carboxylic acids is 1. The molecular formula is C21H20N2O3. The number of nitrogens with zero attached hydrogens (tertiary/aromatic N) is 2. The molecule has 0 amide bonds. The first-order chi connectivity index (χ1) is 12.5. The highest BCUT2D eigenvalue weighted by Crippen LogP contribution is 2.35. The summed E-state index contributed by atoms with van der Waals surface area (Å²) < 4.78 is 12.5. The number of ether oxygens (including phenoxy) is 2. The van der Waals surface area contributed by atoms with Crippen molar-refractivity contribution in [1.82, 2.24) is 4.57 Å². The molecule has 26 heavy (non-hydrogen) atoms. The van der Waals surface area contributed by atoms with Gasteiger partial charge < -0.3 is 14.0 Å². The van der Waals surface area contributed by atoms with E-state index in [2.05, 4.69) is 6.07 Å². The highest BCUT2D eigenvalue weighted by molar-refractivity contribution is 5.94. The van der Waals surface area contributed by atoms with E-state index in [9.17, 15) is 10.1 Å². The van der Waals surface area contributed by atoms with Crippen LogP contribution < -0.4 is 4.74 Å². The van der Waals surface area contributed by atoms with Gasteiger partial charge in [0, 0.05) is 22.8 Å². The van der Waals surface area contributed by atoms with Crippen molar-refractivity contribution in [1.29, 1.82) is 5.26 Å². The molecule has 0 unspecified atom stereocenters. The molecule has 2 aromatic carbocycles. The van der Waals surface area contributed by atoms with Gasteiger partial charge in [-0.05, 0) is 56.7 Å². The first-order valence-corrected chi connectivity index (χ1v) is 8.38. The molecule has 0 aliphatic carbocycles. The highest BCUT2D eigenvalue weighted by atomic mass is 16.5. The fourth-order valence-electron chi connectivity index (χ4n) is 3.32. The molecule has 0 radical (unpaired) electrons. The number of fused-ring (bicyclic) bond motifs is 1. The van der Waals surface area contributed by atoms with Crippen LogP contribution in [0.25, 0.3) is 16.6 Å². The van der Waals surface area contributed by atoms with E-state index in [1.165, 1.54) is 0 Å². The van der Waals surface area contributed by atoms with Gasteiger partial charge in [0.25, 0.3) is 0 Å². The maximum atomic E-state index is 11.8. The van der Waals surface area contributed by atoms with E-state index in [4.69, 9.17) is 9.47 Å². The van der Waals surface area contributed by atoms with Crippen LogP contribution >= 0.6 is 0 Å². The summed E-state index contributed by atoms with van der Waals surface area (Å²) in [6, 6.07) is 11.4. The third-order valence-corrected chi connectivity index (χ3v) is 4.45. The standard InChI is InChI=1S/C21H20N2O3/c1-5-26-21(24)15-6-8-17(9-7-15)23-12-16(11-22)19-14(3)20(25-4)13(2)10-18(19)23/h6-10,12H,5H2,1-4H3. The summed E-state index contributed by atoms with van der Waals surface area (Å²) >= 11 is 0. The lowest BCUT2D eigenvalue weighted by molar-refractivity contribution is 0.0526. The van der Waals surface area contributed by atoms with Crippen molar-refractivity contribution in [2.24, 2.45) is 0 Å². The van der Waals surface area contributed by atoms with Crippen LogP contribution in [0.1, 0.15) is 34.0 Å². The van der Waals surface area contributed by atoms with Gasteiger partial charge in [0.1, 0.15) is 11.8 Å². The van der Waals surface area contributed by atoms with Gasteiger partial charge in [0.15, 0.2) is 0 Å². The molecule has 0 N–H and O–H groups in total. The zero-order chi connectivity index (χ0) is 18.8. The second-order valence-electron chi connectivity index (χ2n) is 6.04. The van der Waals surface area contributed by atoms with Crippen molar-refractivity contribution in [2.45, 2.75) is 20.8 Å². The fourth-order valence-corrected chi connectivity index (χ4v) is 3.32. The first kappa shape index (κ1) is 17.6. The number of aromatic nitrogens is 1. The number of aryl methyl sites for hydroxylation is 2. The van der Waals surface area contributed by atoms with Crippen LogP contribution in [0.3, 0.4) is 0 Å². The van der Waals surface area contributed by atoms with Crippen LogP contribution in [0.5, 0.6) is 5.75 Å². The van der Waals surface area contributed by atoms with E-state index < -0.39 is 0 Å². The summed E-state index contributed by atoms with van der Waals surface area (Å²) in [7, 11) is 1.64. The Balaban J connectivity index is 2.17. The van der Waals surface area contributed by atoms with E-state index in [1.807, 2.05) is 42.8 Å². The Kier molecular flexibility index (Phi) is 4.68. The Labute approximate surface area is 152 Å². The van der Waals surface area contributed by atoms with Crippen molar-refractivity contribution in [3.8, 4) is 17.5 Å². The van der Waals surface area contributed by atoms with E-state index in [1.54, 1.807) is 26.2 Å². The Morgan fingerprint density at radius 1 is 1.23 bits per heavy atom. The molecule has 132 valence electrons. The summed E-state index contributed by atoms with van der Waals surface area (Å²) in [5.41, 5.74) is 4.84. The summed E-state index contributed by atoms with van der Waals surface area (Å²) in [6.07, 6.45) is 1.82. The third-order valence-electron chi connectivity index (χ3n) is 4.45. The van der Waals surface area contributed by atoms with E-state index in [0.717, 1.165) is 33.5 Å². The molecule has 5 heteroatoms. The number of hydrogen-bond donors (Lipinski definition) is 0. The van der Waals surface area contributed by atoms with Crippen molar-refractivity contribution in [3.63, 3.8) is 0 Å². The van der Waals surface area contributed by atoms with Crippen LogP contribution in [0.2, 0.25) is 0 Å². The maximum absolute atomic E-state index is 11.8. The summed E-state index contributed by atoms with van der Waals surface area (Å²) in [5.74, 6) is 0.454. The van der Waals surface area contributed by atoms with Gasteiger partial charge in [-0.1, -0.05) is 0 Å². The Bertz CT molecular complexity index is 1020. The SMILES string of the molecule is CCOC(=O)c1ccc(-n2cc(C#N)c3c(C)c(OC)c(C)cc32)cc1. The second-order valence-corrected chi connectivity index (χ2v) is 6.04. The van der Waals surface area contributed by atoms with Crippen molar-refractivity contribution >= 4 is 16.9 Å². The molecule has 0 spiro atoms. The number of rotatable bonds is 4. The molecule has 3 rings (SSSR count). The average molecular weight is 348 g/mol. The zero-order valence-electron chi connectivity index (χ0n) is 15.3. The second kappa shape index (κ2) is 6.93. The van der Waals surface area contributed by atoms with Gasteiger partial charge >= 0.3 is 5.97 Å². The molecule has 3 aromatic rings. The minimum Gasteiger partial charge on any atom is -0.496 e. The Hall–Kier alpha value is -3.26. The van der Waals surface area contributed by atoms with Gasteiger partial charge in [-0.3, -0.25) is 0 Å². The minimum absolute atomic E-state index is 0.342. The number of nitriles is 1. The molecule has 1 heterocycles. The van der Waals surface area contributed by atoms with Crippen LogP contribution in [0, 0.1) is 25.2 Å². The first-order valence-electron chi connectivity index (χ1n) is 8.38. The molecule has 5 nitrogen and oxygen atoms in total. The summed E-state index contributed by atoms with van der Waals surface area (Å²) in [4.78, 5) is 11.8. The Morgan fingerprint density at radius 2 is 1.92 bits per heavy atom.